The van der Waals surface area contributed by atoms with Gasteiger partial charge in [-0.05, 0) is 48.2 Å². The Morgan fingerprint density at radius 1 is 1.24 bits per heavy atom. The first-order valence-corrected chi connectivity index (χ1v) is 7.45. The van der Waals surface area contributed by atoms with Crippen LogP contribution in [-0.4, -0.2) is 5.91 Å². The van der Waals surface area contributed by atoms with Crippen molar-refractivity contribution in [2.24, 2.45) is 0 Å². The zero-order chi connectivity index (χ0) is 15.0. The fraction of sp³-hybridized carbons (Fsp3) is 0.188. The summed E-state index contributed by atoms with van der Waals surface area (Å²) in [6, 6.07) is 10.8. The number of anilines is 1. The van der Waals surface area contributed by atoms with Gasteiger partial charge >= 0.3 is 0 Å². The number of nitrogens with two attached hydrogens (primary N) is 1. The van der Waals surface area contributed by atoms with Crippen molar-refractivity contribution in [2.75, 3.05) is 5.73 Å². The Hall–Kier alpha value is -1.71. The lowest BCUT2D eigenvalue weighted by molar-refractivity contribution is 0.0937. The molecule has 0 heterocycles. The van der Waals surface area contributed by atoms with E-state index in [1.54, 1.807) is 18.2 Å². The van der Waals surface area contributed by atoms with E-state index in [4.69, 9.17) is 28.9 Å². The van der Waals surface area contributed by atoms with Gasteiger partial charge in [0.15, 0.2) is 0 Å². The van der Waals surface area contributed by atoms with E-state index in [1.807, 2.05) is 18.2 Å². The first kappa shape index (κ1) is 14.2. The van der Waals surface area contributed by atoms with Crippen molar-refractivity contribution in [3.8, 4) is 0 Å². The van der Waals surface area contributed by atoms with Crippen molar-refractivity contribution in [3.63, 3.8) is 0 Å². The SMILES string of the molecule is Nc1ccc2c(c1)CCC2NC(=O)c1cccc(Cl)c1Cl. The van der Waals surface area contributed by atoms with Crippen LogP contribution in [0, 0.1) is 0 Å². The highest BCUT2D eigenvalue weighted by Gasteiger charge is 2.25. The molecule has 0 fully saturated rings. The second-order valence-electron chi connectivity index (χ2n) is 5.12. The number of hydrogen-bond donors (Lipinski definition) is 2. The lowest BCUT2D eigenvalue weighted by Gasteiger charge is -2.15. The normalized spacial score (nSPS) is 16.6. The van der Waals surface area contributed by atoms with Gasteiger partial charge in [0, 0.05) is 5.69 Å². The number of carbonyl (C=O) groups excluding carboxylic acids is 1. The first-order valence-electron chi connectivity index (χ1n) is 6.69. The van der Waals surface area contributed by atoms with Crippen molar-refractivity contribution < 1.29 is 4.79 Å². The van der Waals surface area contributed by atoms with Gasteiger partial charge in [-0.2, -0.15) is 0 Å². The molecule has 0 radical (unpaired) electrons. The molecule has 0 spiro atoms. The summed E-state index contributed by atoms with van der Waals surface area (Å²) in [7, 11) is 0. The maximum Gasteiger partial charge on any atom is 0.253 e. The second kappa shape index (κ2) is 5.58. The number of nitrogen functional groups attached to an aromatic ring is 1. The van der Waals surface area contributed by atoms with Gasteiger partial charge in [-0.3, -0.25) is 4.79 Å². The van der Waals surface area contributed by atoms with Gasteiger partial charge in [0.25, 0.3) is 5.91 Å². The molecule has 0 bridgehead atoms. The molecule has 0 saturated heterocycles. The van der Waals surface area contributed by atoms with E-state index in [1.165, 1.54) is 5.56 Å². The summed E-state index contributed by atoms with van der Waals surface area (Å²) in [5.41, 5.74) is 9.24. The molecule has 108 valence electrons. The maximum absolute atomic E-state index is 12.4. The quantitative estimate of drug-likeness (QED) is 0.822. The van der Waals surface area contributed by atoms with Crippen LogP contribution in [0.5, 0.6) is 0 Å². The van der Waals surface area contributed by atoms with Gasteiger partial charge in [-0.1, -0.05) is 35.3 Å². The summed E-state index contributed by atoms with van der Waals surface area (Å²) in [4.78, 5) is 12.4. The number of amides is 1. The van der Waals surface area contributed by atoms with Crippen LogP contribution in [0.1, 0.15) is 33.9 Å². The summed E-state index contributed by atoms with van der Waals surface area (Å²) in [5.74, 6) is -0.211. The molecular weight excluding hydrogens is 307 g/mol. The molecule has 0 aromatic heterocycles. The summed E-state index contributed by atoms with van der Waals surface area (Å²) in [6.45, 7) is 0. The van der Waals surface area contributed by atoms with Gasteiger partial charge in [0.05, 0.1) is 21.7 Å². The number of aryl methyl sites for hydroxylation is 1. The molecule has 21 heavy (non-hydrogen) atoms. The van der Waals surface area contributed by atoms with E-state index in [9.17, 15) is 4.79 Å². The molecular formula is C16H14Cl2N2O. The minimum Gasteiger partial charge on any atom is -0.399 e. The number of halogens is 2. The summed E-state index contributed by atoms with van der Waals surface area (Å²) < 4.78 is 0. The van der Waals surface area contributed by atoms with Gasteiger partial charge < -0.3 is 11.1 Å². The van der Waals surface area contributed by atoms with Crippen LogP contribution in [0.15, 0.2) is 36.4 Å². The van der Waals surface area contributed by atoms with Crippen LogP contribution >= 0.6 is 23.2 Å². The summed E-state index contributed by atoms with van der Waals surface area (Å²) in [6.07, 6.45) is 1.78. The molecule has 1 atom stereocenters. The third-order valence-electron chi connectivity index (χ3n) is 3.75. The van der Waals surface area contributed by atoms with Crippen LogP contribution in [0.4, 0.5) is 5.69 Å². The highest BCUT2D eigenvalue weighted by molar-refractivity contribution is 6.43. The lowest BCUT2D eigenvalue weighted by Crippen LogP contribution is -2.27. The largest absolute Gasteiger partial charge is 0.399 e. The van der Waals surface area contributed by atoms with Crippen LogP contribution in [0.25, 0.3) is 0 Å². The average molecular weight is 321 g/mol. The zero-order valence-corrected chi connectivity index (χ0v) is 12.7. The van der Waals surface area contributed by atoms with Gasteiger partial charge in [0.1, 0.15) is 0 Å². The predicted molar refractivity (Wildman–Crippen MR) is 85.8 cm³/mol. The highest BCUT2D eigenvalue weighted by Crippen LogP contribution is 2.33. The third kappa shape index (κ3) is 2.71. The van der Waals surface area contributed by atoms with Gasteiger partial charge in [-0.25, -0.2) is 0 Å². The molecule has 1 unspecified atom stereocenters. The zero-order valence-electron chi connectivity index (χ0n) is 11.2. The number of nitrogens with one attached hydrogen (secondary N) is 1. The standard InChI is InChI=1S/C16H14Cl2N2O/c17-13-3-1-2-12(15(13)18)16(21)20-14-7-4-9-8-10(19)5-6-11(9)14/h1-3,5-6,8,14H,4,7,19H2,(H,20,21). The molecule has 1 aliphatic rings. The molecule has 3 rings (SSSR count). The molecule has 5 heteroatoms. The van der Waals surface area contributed by atoms with E-state index < -0.39 is 0 Å². The van der Waals surface area contributed by atoms with Crippen molar-refractivity contribution in [2.45, 2.75) is 18.9 Å². The predicted octanol–water partition coefficient (Wildman–Crippen LogP) is 3.99. The van der Waals surface area contributed by atoms with E-state index in [0.29, 0.717) is 10.6 Å². The second-order valence-corrected chi connectivity index (χ2v) is 5.91. The Bertz CT molecular complexity index is 715. The number of hydrogen-bond acceptors (Lipinski definition) is 2. The monoisotopic (exact) mass is 320 g/mol. The van der Waals surface area contributed by atoms with E-state index in [-0.39, 0.29) is 17.0 Å². The highest BCUT2D eigenvalue weighted by atomic mass is 35.5. The molecule has 2 aromatic rings. The molecule has 1 aliphatic carbocycles. The van der Waals surface area contributed by atoms with Crippen LogP contribution < -0.4 is 11.1 Å². The van der Waals surface area contributed by atoms with Gasteiger partial charge in [0.2, 0.25) is 0 Å². The number of benzene rings is 2. The molecule has 0 aliphatic heterocycles. The Kier molecular flexibility index (Phi) is 3.79. The molecule has 2 aromatic carbocycles. The molecule has 3 nitrogen and oxygen atoms in total. The van der Waals surface area contributed by atoms with Crippen molar-refractivity contribution in [3.05, 3.63) is 63.1 Å². The van der Waals surface area contributed by atoms with E-state index in [0.717, 1.165) is 24.1 Å². The van der Waals surface area contributed by atoms with E-state index in [2.05, 4.69) is 5.32 Å². The smallest absolute Gasteiger partial charge is 0.253 e. The Morgan fingerprint density at radius 2 is 2.05 bits per heavy atom. The fourth-order valence-electron chi connectivity index (χ4n) is 2.70. The first-order chi connectivity index (χ1) is 10.1. The van der Waals surface area contributed by atoms with Crippen molar-refractivity contribution in [1.82, 2.24) is 5.32 Å². The third-order valence-corrected chi connectivity index (χ3v) is 4.57. The minimum absolute atomic E-state index is 0.0110. The van der Waals surface area contributed by atoms with Crippen LogP contribution in [0.3, 0.4) is 0 Å². The van der Waals surface area contributed by atoms with Crippen molar-refractivity contribution in [1.29, 1.82) is 0 Å². The Balaban J connectivity index is 1.83. The number of rotatable bonds is 2. The van der Waals surface area contributed by atoms with Crippen molar-refractivity contribution >= 4 is 34.8 Å². The average Bonchev–Trinajstić information content (AvgIpc) is 2.84. The topological polar surface area (TPSA) is 55.1 Å². The Morgan fingerprint density at radius 3 is 2.86 bits per heavy atom. The minimum atomic E-state index is -0.211. The molecule has 3 N–H and O–H groups in total. The summed E-state index contributed by atoms with van der Waals surface area (Å²) >= 11 is 12.0. The van der Waals surface area contributed by atoms with Crippen LogP contribution in [0.2, 0.25) is 10.0 Å². The fourth-order valence-corrected chi connectivity index (χ4v) is 3.09. The Labute approximate surface area is 133 Å². The molecule has 1 amide bonds. The van der Waals surface area contributed by atoms with Crippen LogP contribution in [-0.2, 0) is 6.42 Å². The maximum atomic E-state index is 12.4. The molecule has 0 saturated carbocycles. The lowest BCUT2D eigenvalue weighted by atomic mass is 10.1. The van der Waals surface area contributed by atoms with E-state index >= 15 is 0 Å². The number of fused-ring (bicyclic) bond motifs is 1. The number of carbonyl (C=O) groups is 1. The van der Waals surface area contributed by atoms with Gasteiger partial charge in [-0.15, -0.1) is 0 Å². The summed E-state index contributed by atoms with van der Waals surface area (Å²) in [5, 5.41) is 3.68.